The van der Waals surface area contributed by atoms with Gasteiger partial charge in [0.25, 0.3) is 0 Å². The second-order valence-corrected chi connectivity index (χ2v) is 11.6. The Morgan fingerprint density at radius 1 is 0.238 bits per heavy atom. The maximum Gasteiger partial charge on any atom is -0.000696 e. The van der Waals surface area contributed by atoms with Crippen molar-refractivity contribution in [3.05, 3.63) is 146 Å². The number of hydrogen-bond donors (Lipinski definition) is 0. The second kappa shape index (κ2) is 8.06. The van der Waals surface area contributed by atoms with Crippen LogP contribution in [-0.4, -0.2) is 0 Å². The van der Waals surface area contributed by atoms with E-state index in [0.717, 1.165) is 0 Å². The van der Waals surface area contributed by atoms with Gasteiger partial charge in [-0.05, 0) is 98.4 Å². The van der Waals surface area contributed by atoms with Gasteiger partial charge in [0.15, 0.2) is 0 Å². The molecule has 0 amide bonds. The lowest BCUT2D eigenvalue weighted by Crippen LogP contribution is -1.95. The Hall–Kier alpha value is -5.46. The van der Waals surface area contributed by atoms with Crippen molar-refractivity contribution in [2.75, 3.05) is 0 Å². The van der Waals surface area contributed by atoms with Gasteiger partial charge in [-0.15, -0.1) is 0 Å². The smallest absolute Gasteiger partial charge is 0.000696 e. The maximum atomic E-state index is 2.36. The van der Waals surface area contributed by atoms with E-state index < -0.39 is 0 Å². The lowest BCUT2D eigenvalue weighted by atomic mass is 9.80. The van der Waals surface area contributed by atoms with Gasteiger partial charge in [0.2, 0.25) is 0 Å². The third-order valence-electron chi connectivity index (χ3n) is 9.52. The van der Waals surface area contributed by atoms with E-state index >= 15 is 0 Å². The van der Waals surface area contributed by atoms with Crippen LogP contribution in [0.4, 0.5) is 0 Å². The molecule has 0 heteroatoms. The van der Waals surface area contributed by atoms with E-state index in [0.29, 0.717) is 0 Å². The van der Waals surface area contributed by atoms with Crippen molar-refractivity contribution in [2.45, 2.75) is 0 Å². The third kappa shape index (κ3) is 2.72. The molecular weight excluding hydrogens is 504 g/mol. The molecule has 0 atom stereocenters. The Bertz CT molecular complexity index is 2540. The molecule has 192 valence electrons. The van der Waals surface area contributed by atoms with E-state index in [1.54, 1.807) is 0 Å². The van der Waals surface area contributed by atoms with Gasteiger partial charge in [-0.1, -0.05) is 146 Å². The summed E-state index contributed by atoms with van der Waals surface area (Å²) in [5.74, 6) is 0. The summed E-state index contributed by atoms with van der Waals surface area (Å²) in [5.41, 5.74) is 10.5. The van der Waals surface area contributed by atoms with Gasteiger partial charge in [-0.25, -0.2) is 0 Å². The maximum absolute atomic E-state index is 2.36. The van der Waals surface area contributed by atoms with Crippen molar-refractivity contribution < 1.29 is 0 Å². The first-order chi connectivity index (χ1) is 20.9. The number of fused-ring (bicyclic) bond motifs is 6. The van der Waals surface area contributed by atoms with Gasteiger partial charge in [0.1, 0.15) is 0 Å². The van der Waals surface area contributed by atoms with Crippen LogP contribution < -0.4 is 0 Å². The van der Waals surface area contributed by atoms with E-state index in [1.807, 2.05) is 0 Å². The Balaban J connectivity index is 1.53. The fourth-order valence-corrected chi connectivity index (χ4v) is 7.95. The summed E-state index contributed by atoms with van der Waals surface area (Å²) in [6.07, 6.45) is 0. The molecular formula is C42H24. The molecule has 0 N–H and O–H groups in total. The monoisotopic (exact) mass is 528 g/mol. The molecule has 9 aromatic carbocycles. The fourth-order valence-electron chi connectivity index (χ4n) is 7.95. The highest BCUT2D eigenvalue weighted by Crippen LogP contribution is 2.59. The molecule has 9 aromatic rings. The molecule has 0 unspecified atom stereocenters. The SMILES string of the molecule is c1ccc(-c2ccccc2-c2c3c(c4c5cccc6cccc(c7cccc2c74)c65)-c2cccc4cccc-3c24)cc1. The van der Waals surface area contributed by atoms with Crippen LogP contribution in [0, 0.1) is 0 Å². The molecule has 0 spiro atoms. The van der Waals surface area contributed by atoms with Crippen LogP contribution in [0.2, 0.25) is 0 Å². The number of hydrogen-bond acceptors (Lipinski definition) is 0. The highest BCUT2D eigenvalue weighted by atomic mass is 14.3. The van der Waals surface area contributed by atoms with E-state index in [4.69, 9.17) is 0 Å². The van der Waals surface area contributed by atoms with E-state index in [-0.39, 0.29) is 0 Å². The van der Waals surface area contributed by atoms with Gasteiger partial charge < -0.3 is 0 Å². The average Bonchev–Trinajstić information content (AvgIpc) is 3.39. The van der Waals surface area contributed by atoms with Gasteiger partial charge >= 0.3 is 0 Å². The Morgan fingerprint density at radius 2 is 0.762 bits per heavy atom. The Labute approximate surface area is 243 Å². The molecule has 0 bridgehead atoms. The van der Waals surface area contributed by atoms with E-state index in [2.05, 4.69) is 146 Å². The standard InChI is InChI=1S/C42H24/c1-2-11-25(12-3-1)28-17-4-5-18-29(28)38-35-24-10-20-31-30-19-6-13-26-14-7-21-32(36(26)30)40(39(31)35)42-34-23-9-16-27-15-8-22-33(37(27)34)41(38)42/h1-24H. The van der Waals surface area contributed by atoms with Crippen LogP contribution in [0.5, 0.6) is 0 Å². The summed E-state index contributed by atoms with van der Waals surface area (Å²) in [6.45, 7) is 0. The lowest BCUT2D eigenvalue weighted by molar-refractivity contribution is 1.60. The van der Waals surface area contributed by atoms with Crippen LogP contribution in [0.25, 0.3) is 98.4 Å². The molecule has 0 radical (unpaired) electrons. The minimum atomic E-state index is 1.24. The molecule has 1 aliphatic rings. The minimum absolute atomic E-state index is 1.24. The van der Waals surface area contributed by atoms with Gasteiger partial charge in [0, 0.05) is 0 Å². The molecule has 0 saturated heterocycles. The zero-order chi connectivity index (χ0) is 27.4. The summed E-state index contributed by atoms with van der Waals surface area (Å²) < 4.78 is 0. The predicted molar refractivity (Wildman–Crippen MR) is 180 cm³/mol. The summed E-state index contributed by atoms with van der Waals surface area (Å²) in [6, 6.07) is 54.1. The quantitative estimate of drug-likeness (QED) is 0.155. The summed E-state index contributed by atoms with van der Waals surface area (Å²) in [4.78, 5) is 0. The lowest BCUT2D eigenvalue weighted by Gasteiger charge is -2.23. The molecule has 10 rings (SSSR count). The molecule has 0 heterocycles. The molecule has 0 saturated carbocycles. The third-order valence-corrected chi connectivity index (χ3v) is 9.52. The molecule has 1 aliphatic carbocycles. The van der Waals surface area contributed by atoms with E-state index in [9.17, 15) is 0 Å². The van der Waals surface area contributed by atoms with Gasteiger partial charge in [0.05, 0.1) is 0 Å². The molecule has 0 fully saturated rings. The zero-order valence-corrected chi connectivity index (χ0v) is 22.9. The summed E-state index contributed by atoms with van der Waals surface area (Å²) in [7, 11) is 0. The molecule has 0 aliphatic heterocycles. The van der Waals surface area contributed by atoms with E-state index in [1.165, 1.54) is 98.4 Å². The molecule has 42 heavy (non-hydrogen) atoms. The largest absolute Gasteiger partial charge is 0.0622 e. The topological polar surface area (TPSA) is 0 Å². The summed E-state index contributed by atoms with van der Waals surface area (Å²) >= 11 is 0. The van der Waals surface area contributed by atoms with Crippen LogP contribution in [0.15, 0.2) is 146 Å². The number of benzene rings is 9. The van der Waals surface area contributed by atoms with Crippen molar-refractivity contribution in [2.24, 2.45) is 0 Å². The Kier molecular flexibility index (Phi) is 4.27. The molecule has 0 nitrogen and oxygen atoms in total. The normalized spacial score (nSPS) is 12.3. The van der Waals surface area contributed by atoms with Crippen molar-refractivity contribution in [3.8, 4) is 44.5 Å². The highest BCUT2D eigenvalue weighted by molar-refractivity contribution is 6.41. The van der Waals surface area contributed by atoms with Crippen LogP contribution in [0.1, 0.15) is 0 Å². The summed E-state index contributed by atoms with van der Waals surface area (Å²) in [5, 5.41) is 13.4. The fraction of sp³-hybridized carbons (Fsp3) is 0. The minimum Gasteiger partial charge on any atom is -0.0622 e. The first-order valence-electron chi connectivity index (χ1n) is 14.7. The van der Waals surface area contributed by atoms with Crippen molar-refractivity contribution in [3.63, 3.8) is 0 Å². The first-order valence-corrected chi connectivity index (χ1v) is 14.7. The average molecular weight is 529 g/mol. The predicted octanol–water partition coefficient (Wildman–Crippen LogP) is 11.9. The first kappa shape index (κ1) is 22.3. The van der Waals surface area contributed by atoms with Crippen molar-refractivity contribution in [1.29, 1.82) is 0 Å². The van der Waals surface area contributed by atoms with Crippen LogP contribution in [-0.2, 0) is 0 Å². The number of rotatable bonds is 2. The second-order valence-electron chi connectivity index (χ2n) is 11.6. The van der Waals surface area contributed by atoms with Gasteiger partial charge in [-0.2, -0.15) is 0 Å². The zero-order valence-electron chi connectivity index (χ0n) is 22.9. The van der Waals surface area contributed by atoms with Crippen molar-refractivity contribution >= 4 is 53.9 Å². The van der Waals surface area contributed by atoms with Crippen LogP contribution in [0.3, 0.4) is 0 Å². The molecule has 0 aromatic heterocycles. The highest BCUT2D eigenvalue weighted by Gasteiger charge is 2.31. The van der Waals surface area contributed by atoms with Gasteiger partial charge in [-0.3, -0.25) is 0 Å². The Morgan fingerprint density at radius 3 is 1.52 bits per heavy atom. The van der Waals surface area contributed by atoms with Crippen LogP contribution >= 0.6 is 0 Å². The van der Waals surface area contributed by atoms with Crippen molar-refractivity contribution in [1.82, 2.24) is 0 Å².